The highest BCUT2D eigenvalue weighted by Crippen LogP contribution is 2.04. The van der Waals surface area contributed by atoms with Crippen molar-refractivity contribution in [1.29, 1.82) is 0 Å². The third-order valence-corrected chi connectivity index (χ3v) is 1.42. The Labute approximate surface area is 61.2 Å². The Morgan fingerprint density at radius 2 is 2.50 bits per heavy atom. The molecule has 48 valence electrons. The Balaban J connectivity index is 0.000000605. The van der Waals surface area contributed by atoms with Crippen molar-refractivity contribution in [3.05, 3.63) is 24.5 Å². The van der Waals surface area contributed by atoms with Crippen molar-refractivity contribution in [3.63, 3.8) is 0 Å². The first-order valence-electron chi connectivity index (χ1n) is 3.05. The van der Waals surface area contributed by atoms with E-state index in [1.165, 1.54) is 0 Å². The van der Waals surface area contributed by atoms with Gasteiger partial charge < -0.3 is 4.98 Å². The molecule has 0 aromatic carbocycles. The molecule has 0 saturated heterocycles. The highest BCUT2D eigenvalue weighted by Gasteiger charge is 1.92. The number of hydrogen-bond acceptors (Lipinski definition) is 1. The molecule has 0 spiro atoms. The molecule has 0 amide bonds. The second-order valence-corrected chi connectivity index (χ2v) is 2.18. The second-order valence-electron chi connectivity index (χ2n) is 2.18. The lowest BCUT2D eigenvalue weighted by molar-refractivity contribution is 1.34. The fourth-order valence-corrected chi connectivity index (χ4v) is 0.957. The number of aromatic nitrogens is 2. The van der Waals surface area contributed by atoms with Gasteiger partial charge in [-0.05, 0) is 6.07 Å². The van der Waals surface area contributed by atoms with Crippen molar-refractivity contribution in [2.24, 2.45) is 0 Å². The van der Waals surface area contributed by atoms with Crippen molar-refractivity contribution in [2.75, 3.05) is 0 Å². The quantitative estimate of drug-likeness (QED) is 0.519. The number of hydrogen-bond donors (Lipinski definition) is 1. The van der Waals surface area contributed by atoms with Crippen LogP contribution in [0.5, 0.6) is 0 Å². The van der Waals surface area contributed by atoms with Gasteiger partial charge >= 0.3 is 0 Å². The van der Waals surface area contributed by atoms with E-state index in [9.17, 15) is 0 Å². The highest BCUT2D eigenvalue weighted by atomic mass is 14.8. The predicted octanol–water partition coefficient (Wildman–Crippen LogP) is 0.603. The molecular weight excluding hydrogens is 123 g/mol. The predicted molar refractivity (Wildman–Crippen MR) is 43.6 cm³/mol. The number of pyridine rings is 1. The number of fused-ring (bicyclic) bond motifs is 1. The van der Waals surface area contributed by atoms with Crippen LogP contribution in [0.2, 0.25) is 0 Å². The zero-order chi connectivity index (χ0) is 6.97. The molecular formula is C7H7BN2. The van der Waals surface area contributed by atoms with Gasteiger partial charge in [0.2, 0.25) is 0 Å². The van der Waals surface area contributed by atoms with E-state index in [1.54, 1.807) is 6.20 Å². The van der Waals surface area contributed by atoms with Crippen LogP contribution in [0.25, 0.3) is 11.0 Å². The molecule has 2 nitrogen and oxygen atoms in total. The molecule has 2 rings (SSSR count). The van der Waals surface area contributed by atoms with E-state index in [2.05, 4.69) is 9.97 Å². The third kappa shape index (κ3) is 0.710. The average molecular weight is 130 g/mol. The average Bonchev–Trinajstić information content (AvgIpc) is 2.33. The minimum Gasteiger partial charge on any atom is -0.346 e. The normalized spacial score (nSPS) is 10.4. The lowest BCUT2D eigenvalue weighted by atomic mass is 9.98. The Bertz CT molecular complexity index is 358. The van der Waals surface area contributed by atoms with Crippen LogP contribution in [0.1, 0.15) is 1.43 Å². The first kappa shape index (κ1) is 5.53. The van der Waals surface area contributed by atoms with E-state index in [-0.39, 0.29) is 1.43 Å². The van der Waals surface area contributed by atoms with Gasteiger partial charge in [-0.25, -0.2) is 4.98 Å². The minimum atomic E-state index is 0. The molecule has 0 aliphatic carbocycles. The summed E-state index contributed by atoms with van der Waals surface area (Å²) in [5, 5.41) is 1.06. The standard InChI is InChI=1S/C7H5BN2.H2/c8-6-3-5-1-2-9-7(5)10-4-6;/h1-4H,(H,9,10);1H. The van der Waals surface area contributed by atoms with Crippen LogP contribution in [0.15, 0.2) is 24.5 Å². The maximum atomic E-state index is 5.51. The van der Waals surface area contributed by atoms with Crippen LogP contribution >= 0.6 is 0 Å². The maximum absolute atomic E-state index is 5.51. The van der Waals surface area contributed by atoms with Gasteiger partial charge in [0.15, 0.2) is 0 Å². The molecule has 2 aromatic rings. The van der Waals surface area contributed by atoms with Crippen molar-refractivity contribution >= 4 is 24.3 Å². The molecule has 1 N–H and O–H groups in total. The molecule has 0 atom stereocenters. The highest BCUT2D eigenvalue weighted by molar-refractivity contribution is 6.32. The monoisotopic (exact) mass is 130 g/mol. The minimum absolute atomic E-state index is 0. The van der Waals surface area contributed by atoms with E-state index in [1.807, 2.05) is 18.3 Å². The molecule has 0 aliphatic rings. The van der Waals surface area contributed by atoms with Crippen LogP contribution in [-0.2, 0) is 0 Å². The Morgan fingerprint density at radius 1 is 1.60 bits per heavy atom. The summed E-state index contributed by atoms with van der Waals surface area (Å²) < 4.78 is 0. The van der Waals surface area contributed by atoms with Crippen LogP contribution in [0, 0.1) is 0 Å². The lowest BCUT2D eigenvalue weighted by Gasteiger charge is -1.89. The summed E-state index contributed by atoms with van der Waals surface area (Å²) in [5.41, 5.74) is 1.58. The molecule has 2 heterocycles. The molecule has 2 radical (unpaired) electrons. The van der Waals surface area contributed by atoms with E-state index < -0.39 is 0 Å². The van der Waals surface area contributed by atoms with Gasteiger partial charge in [-0.1, -0.05) is 11.5 Å². The summed E-state index contributed by atoms with van der Waals surface area (Å²) in [5.74, 6) is 0. The Hall–Kier alpha value is -1.25. The van der Waals surface area contributed by atoms with Crippen LogP contribution in [0.4, 0.5) is 0 Å². The van der Waals surface area contributed by atoms with Crippen LogP contribution in [0.3, 0.4) is 0 Å². The maximum Gasteiger partial charge on any atom is 0.137 e. The van der Waals surface area contributed by atoms with Gasteiger partial charge in [0, 0.05) is 19.2 Å². The smallest absolute Gasteiger partial charge is 0.137 e. The zero-order valence-corrected chi connectivity index (χ0v) is 5.33. The number of aromatic amines is 1. The topological polar surface area (TPSA) is 28.7 Å². The Morgan fingerprint density at radius 3 is 3.40 bits per heavy atom. The van der Waals surface area contributed by atoms with E-state index in [4.69, 9.17) is 7.85 Å². The van der Waals surface area contributed by atoms with Crippen LogP contribution < -0.4 is 5.46 Å². The molecule has 3 heteroatoms. The largest absolute Gasteiger partial charge is 0.346 e. The number of nitrogens with one attached hydrogen (secondary N) is 1. The summed E-state index contributed by atoms with van der Waals surface area (Å²) in [6, 6.07) is 3.83. The van der Waals surface area contributed by atoms with Gasteiger partial charge in [-0.2, -0.15) is 0 Å². The SMILES string of the molecule is [B]c1cnc2[nH]ccc2c1.[HH]. The van der Waals surface area contributed by atoms with Crippen molar-refractivity contribution in [2.45, 2.75) is 0 Å². The van der Waals surface area contributed by atoms with Crippen molar-refractivity contribution in [1.82, 2.24) is 9.97 Å². The summed E-state index contributed by atoms with van der Waals surface area (Å²) in [7, 11) is 5.51. The first-order valence-corrected chi connectivity index (χ1v) is 3.05. The summed E-state index contributed by atoms with van der Waals surface area (Å²) in [6.45, 7) is 0. The zero-order valence-electron chi connectivity index (χ0n) is 5.33. The van der Waals surface area contributed by atoms with E-state index in [0.717, 1.165) is 11.0 Å². The summed E-state index contributed by atoms with van der Waals surface area (Å²) >= 11 is 0. The van der Waals surface area contributed by atoms with Crippen molar-refractivity contribution in [3.8, 4) is 0 Å². The van der Waals surface area contributed by atoms with Crippen LogP contribution in [-0.4, -0.2) is 17.8 Å². The van der Waals surface area contributed by atoms with Gasteiger partial charge in [0.25, 0.3) is 0 Å². The van der Waals surface area contributed by atoms with Gasteiger partial charge in [-0.15, -0.1) is 0 Å². The molecule has 0 saturated carbocycles. The van der Waals surface area contributed by atoms with Gasteiger partial charge in [0.05, 0.1) is 0 Å². The lowest BCUT2D eigenvalue weighted by Crippen LogP contribution is -2.01. The fraction of sp³-hybridized carbons (Fsp3) is 0. The van der Waals surface area contributed by atoms with Gasteiger partial charge in [-0.3, -0.25) is 0 Å². The second kappa shape index (κ2) is 1.87. The molecule has 0 aliphatic heterocycles. The van der Waals surface area contributed by atoms with Crippen molar-refractivity contribution < 1.29 is 1.43 Å². The molecule has 10 heavy (non-hydrogen) atoms. The van der Waals surface area contributed by atoms with E-state index >= 15 is 0 Å². The molecule has 2 aromatic heterocycles. The molecule has 0 bridgehead atoms. The number of nitrogens with zero attached hydrogens (tertiary/aromatic N) is 1. The van der Waals surface area contributed by atoms with Gasteiger partial charge in [0.1, 0.15) is 13.5 Å². The summed E-state index contributed by atoms with van der Waals surface area (Å²) in [6.07, 6.45) is 3.48. The fourth-order valence-electron chi connectivity index (χ4n) is 0.957. The molecule has 0 unspecified atom stereocenters. The first-order chi connectivity index (χ1) is 4.86. The number of rotatable bonds is 0. The third-order valence-electron chi connectivity index (χ3n) is 1.42. The molecule has 0 fully saturated rings. The summed E-state index contributed by atoms with van der Waals surface area (Å²) in [4.78, 5) is 7.04. The Kier molecular flexibility index (Phi) is 1.03. The number of H-pyrrole nitrogens is 1. The van der Waals surface area contributed by atoms with E-state index in [0.29, 0.717) is 5.46 Å².